The van der Waals surface area contributed by atoms with Gasteiger partial charge in [-0.15, -0.1) is 0 Å². The predicted molar refractivity (Wildman–Crippen MR) is 86.7 cm³/mol. The van der Waals surface area contributed by atoms with E-state index < -0.39 is 0 Å². The second-order valence-electron chi connectivity index (χ2n) is 5.57. The van der Waals surface area contributed by atoms with Gasteiger partial charge in [0.25, 0.3) is 0 Å². The van der Waals surface area contributed by atoms with Gasteiger partial charge in [0.15, 0.2) is 0 Å². The third kappa shape index (κ3) is 5.76. The van der Waals surface area contributed by atoms with Gasteiger partial charge < -0.3 is 10.2 Å². The Morgan fingerprint density at radius 1 is 1.33 bits per heavy atom. The Morgan fingerprint density at radius 3 is 2.52 bits per heavy atom. The van der Waals surface area contributed by atoms with Crippen molar-refractivity contribution in [2.45, 2.75) is 34.1 Å². The molecule has 0 aliphatic heterocycles. The van der Waals surface area contributed by atoms with Crippen molar-refractivity contribution in [2.75, 3.05) is 18.0 Å². The highest BCUT2D eigenvalue weighted by Crippen LogP contribution is 2.23. The average Bonchev–Trinajstić information content (AvgIpc) is 2.36. The highest BCUT2D eigenvalue weighted by molar-refractivity contribution is 6.30. The Bertz CT molecular complexity index is 515. The Morgan fingerprint density at radius 2 is 2.00 bits per heavy atom. The van der Waals surface area contributed by atoms with Crippen LogP contribution in [0.25, 0.3) is 0 Å². The minimum Gasteiger partial charge on any atom is -0.355 e. The molecule has 116 valence electrons. The van der Waals surface area contributed by atoms with E-state index in [0.717, 1.165) is 12.0 Å². The summed E-state index contributed by atoms with van der Waals surface area (Å²) in [6.45, 7) is 8.18. The highest BCUT2D eigenvalue weighted by Gasteiger charge is 2.17. The van der Waals surface area contributed by atoms with Crippen molar-refractivity contribution in [1.29, 1.82) is 0 Å². The quantitative estimate of drug-likeness (QED) is 0.877. The van der Waals surface area contributed by atoms with Crippen molar-refractivity contribution in [3.63, 3.8) is 0 Å². The number of halogens is 1. The number of anilines is 1. The molecule has 21 heavy (non-hydrogen) atoms. The van der Waals surface area contributed by atoms with Crippen molar-refractivity contribution in [3.8, 4) is 0 Å². The van der Waals surface area contributed by atoms with Crippen LogP contribution in [0.3, 0.4) is 0 Å². The molecule has 0 aliphatic rings. The molecule has 0 radical (unpaired) electrons. The van der Waals surface area contributed by atoms with Crippen LogP contribution in [0.5, 0.6) is 0 Å². The number of benzene rings is 1. The molecule has 0 spiro atoms. The van der Waals surface area contributed by atoms with Gasteiger partial charge in [-0.25, -0.2) is 0 Å². The molecule has 0 atom stereocenters. The molecule has 2 amide bonds. The van der Waals surface area contributed by atoms with Crippen LogP contribution in [-0.4, -0.2) is 24.9 Å². The summed E-state index contributed by atoms with van der Waals surface area (Å²) in [4.78, 5) is 25.2. The van der Waals surface area contributed by atoms with Gasteiger partial charge in [-0.2, -0.15) is 0 Å². The molecule has 0 aliphatic carbocycles. The lowest BCUT2D eigenvalue weighted by atomic mass is 10.1. The first-order chi connectivity index (χ1) is 9.81. The van der Waals surface area contributed by atoms with E-state index in [2.05, 4.69) is 19.2 Å². The van der Waals surface area contributed by atoms with Crippen LogP contribution in [0, 0.1) is 12.8 Å². The van der Waals surface area contributed by atoms with Gasteiger partial charge in [-0.3, -0.25) is 9.59 Å². The predicted octanol–water partition coefficient (Wildman–Crippen LogP) is 3.16. The van der Waals surface area contributed by atoms with Gasteiger partial charge >= 0.3 is 0 Å². The fourth-order valence-electron chi connectivity index (χ4n) is 1.99. The largest absolute Gasteiger partial charge is 0.355 e. The van der Waals surface area contributed by atoms with Crippen molar-refractivity contribution < 1.29 is 9.59 Å². The van der Waals surface area contributed by atoms with Gasteiger partial charge in [0.2, 0.25) is 11.8 Å². The summed E-state index contributed by atoms with van der Waals surface area (Å²) in [6.07, 6.45) is 0.922. The lowest BCUT2D eigenvalue weighted by Gasteiger charge is -2.22. The van der Waals surface area contributed by atoms with Crippen molar-refractivity contribution >= 4 is 29.1 Å². The van der Waals surface area contributed by atoms with Crippen LogP contribution in [0.2, 0.25) is 5.02 Å². The van der Waals surface area contributed by atoms with Crippen molar-refractivity contribution in [2.24, 2.45) is 5.92 Å². The summed E-state index contributed by atoms with van der Waals surface area (Å²) in [7, 11) is 0. The first kappa shape index (κ1) is 17.5. The lowest BCUT2D eigenvalue weighted by Crippen LogP contribution is -2.40. The van der Waals surface area contributed by atoms with E-state index >= 15 is 0 Å². The SMILES string of the molecule is CC(=O)N(CC(=O)NCCC(C)C)c1ccc(Cl)cc1C. The number of nitrogens with zero attached hydrogens (tertiary/aromatic N) is 1. The summed E-state index contributed by atoms with van der Waals surface area (Å²) >= 11 is 5.92. The standard InChI is InChI=1S/C16H23ClN2O2/c1-11(2)7-8-18-16(21)10-19(13(4)20)15-6-5-14(17)9-12(15)3/h5-6,9,11H,7-8,10H2,1-4H3,(H,18,21). The number of nitrogens with one attached hydrogen (secondary N) is 1. The van der Waals surface area contributed by atoms with Gasteiger partial charge in [-0.1, -0.05) is 25.4 Å². The van der Waals surface area contributed by atoms with Crippen LogP contribution in [0.1, 0.15) is 32.8 Å². The molecule has 0 saturated carbocycles. The molecular weight excluding hydrogens is 288 g/mol. The third-order valence-corrected chi connectivity index (χ3v) is 3.41. The molecule has 1 N–H and O–H groups in total. The van der Waals surface area contributed by atoms with Gasteiger partial charge in [-0.05, 0) is 43.0 Å². The normalized spacial score (nSPS) is 10.6. The lowest BCUT2D eigenvalue weighted by molar-refractivity contribution is -0.123. The van der Waals surface area contributed by atoms with Crippen LogP contribution in [-0.2, 0) is 9.59 Å². The van der Waals surface area contributed by atoms with Crippen LogP contribution in [0.15, 0.2) is 18.2 Å². The van der Waals surface area contributed by atoms with E-state index in [-0.39, 0.29) is 18.4 Å². The maximum Gasteiger partial charge on any atom is 0.240 e. The smallest absolute Gasteiger partial charge is 0.240 e. The maximum atomic E-state index is 12.0. The number of amides is 2. The zero-order valence-electron chi connectivity index (χ0n) is 13.1. The molecule has 0 heterocycles. The Hall–Kier alpha value is -1.55. The second-order valence-corrected chi connectivity index (χ2v) is 6.00. The monoisotopic (exact) mass is 310 g/mol. The van der Waals surface area contributed by atoms with Crippen LogP contribution >= 0.6 is 11.6 Å². The minimum atomic E-state index is -0.167. The van der Waals surface area contributed by atoms with Crippen molar-refractivity contribution in [3.05, 3.63) is 28.8 Å². The first-order valence-electron chi connectivity index (χ1n) is 7.12. The topological polar surface area (TPSA) is 49.4 Å². The maximum absolute atomic E-state index is 12.0. The number of rotatable bonds is 6. The number of carbonyl (C=O) groups is 2. The van der Waals surface area contributed by atoms with Crippen LogP contribution < -0.4 is 10.2 Å². The number of aryl methyl sites for hydroxylation is 1. The summed E-state index contributed by atoms with van der Waals surface area (Å²) in [6, 6.07) is 5.26. The summed E-state index contributed by atoms with van der Waals surface area (Å²) in [5, 5.41) is 3.45. The number of carbonyl (C=O) groups excluding carboxylic acids is 2. The molecule has 1 rings (SSSR count). The zero-order valence-corrected chi connectivity index (χ0v) is 13.8. The molecule has 0 aromatic heterocycles. The molecule has 1 aromatic rings. The molecule has 0 fully saturated rings. The van der Waals surface area contributed by atoms with E-state index in [0.29, 0.717) is 23.2 Å². The number of hydrogen-bond donors (Lipinski definition) is 1. The Labute approximate surface area is 131 Å². The summed E-state index contributed by atoms with van der Waals surface area (Å²) < 4.78 is 0. The van der Waals surface area contributed by atoms with E-state index in [9.17, 15) is 9.59 Å². The number of hydrogen-bond acceptors (Lipinski definition) is 2. The first-order valence-corrected chi connectivity index (χ1v) is 7.50. The Balaban J connectivity index is 2.74. The molecule has 0 saturated heterocycles. The minimum absolute atomic E-state index is 0.0237. The molecule has 0 unspecified atom stereocenters. The Kier molecular flexibility index (Phi) is 6.69. The van der Waals surface area contributed by atoms with E-state index in [4.69, 9.17) is 11.6 Å². The summed E-state index contributed by atoms with van der Waals surface area (Å²) in [5.41, 5.74) is 1.58. The van der Waals surface area contributed by atoms with Crippen molar-refractivity contribution in [1.82, 2.24) is 5.32 Å². The van der Waals surface area contributed by atoms with E-state index in [1.165, 1.54) is 11.8 Å². The van der Waals surface area contributed by atoms with E-state index in [1.54, 1.807) is 18.2 Å². The zero-order chi connectivity index (χ0) is 16.0. The second kappa shape index (κ2) is 8.03. The fourth-order valence-corrected chi connectivity index (χ4v) is 2.21. The molecular formula is C16H23ClN2O2. The third-order valence-electron chi connectivity index (χ3n) is 3.18. The molecule has 4 nitrogen and oxygen atoms in total. The average molecular weight is 311 g/mol. The summed E-state index contributed by atoms with van der Waals surface area (Å²) in [5.74, 6) is 0.215. The van der Waals surface area contributed by atoms with Crippen LogP contribution in [0.4, 0.5) is 5.69 Å². The highest BCUT2D eigenvalue weighted by atomic mass is 35.5. The van der Waals surface area contributed by atoms with Gasteiger partial charge in [0.05, 0.1) is 0 Å². The fraction of sp³-hybridized carbons (Fsp3) is 0.500. The van der Waals surface area contributed by atoms with Gasteiger partial charge in [0.1, 0.15) is 6.54 Å². The molecule has 0 bridgehead atoms. The van der Waals surface area contributed by atoms with E-state index in [1.807, 2.05) is 6.92 Å². The molecule has 5 heteroatoms. The molecule has 1 aromatic carbocycles. The van der Waals surface area contributed by atoms with Gasteiger partial charge in [0, 0.05) is 24.2 Å².